The van der Waals surface area contributed by atoms with Gasteiger partial charge in [0.25, 0.3) is 0 Å². The van der Waals surface area contributed by atoms with Crippen LogP contribution in [0.15, 0.2) is 89.6 Å². The fraction of sp³-hybridized carbons (Fsp3) is 0. The van der Waals surface area contributed by atoms with E-state index in [1.165, 1.54) is 6.26 Å². The van der Waals surface area contributed by atoms with E-state index in [1.54, 1.807) is 0 Å². The fourth-order valence-electron chi connectivity index (χ4n) is 3.10. The third kappa shape index (κ3) is 4.20. The Kier molecular flexibility index (Phi) is 5.41. The summed E-state index contributed by atoms with van der Waals surface area (Å²) in [5, 5.41) is 17.3. The van der Waals surface area contributed by atoms with Gasteiger partial charge in [0.05, 0.1) is 11.6 Å². The normalized spacial score (nSPS) is 11.5. The Bertz CT molecular complexity index is 1190. The molecule has 1 aromatic heterocycles. The van der Waals surface area contributed by atoms with Gasteiger partial charge in [0.2, 0.25) is 0 Å². The molecule has 0 saturated carbocycles. The first kappa shape index (κ1) is 18.1. The molecule has 4 nitrogen and oxygen atoms in total. The van der Waals surface area contributed by atoms with Crippen molar-refractivity contribution in [3.8, 4) is 6.07 Å². The monoisotopic (exact) mass is 375 g/mol. The molecule has 4 heteroatoms. The predicted octanol–water partition coefficient (Wildman–Crippen LogP) is 5.70. The van der Waals surface area contributed by atoms with Gasteiger partial charge in [-0.2, -0.15) is 5.26 Å². The number of nitriles is 1. The average molecular weight is 375 g/mol. The molecule has 0 spiro atoms. The van der Waals surface area contributed by atoms with E-state index in [4.69, 9.17) is 4.52 Å². The Morgan fingerprint density at radius 2 is 1.62 bits per heavy atom. The van der Waals surface area contributed by atoms with E-state index in [2.05, 4.69) is 16.4 Å². The van der Waals surface area contributed by atoms with Crippen molar-refractivity contribution in [3.63, 3.8) is 0 Å². The van der Waals surface area contributed by atoms with Crippen molar-refractivity contribution >= 4 is 23.8 Å². The van der Waals surface area contributed by atoms with E-state index in [9.17, 15) is 5.26 Å². The average Bonchev–Trinajstić information content (AvgIpc) is 3.32. The van der Waals surface area contributed by atoms with Gasteiger partial charge in [-0.25, -0.2) is 0 Å². The van der Waals surface area contributed by atoms with Gasteiger partial charge in [0.1, 0.15) is 5.69 Å². The highest BCUT2D eigenvalue weighted by Gasteiger charge is 2.11. The largest absolute Gasteiger partial charge is 0.345 e. The summed E-state index contributed by atoms with van der Waals surface area (Å²) < 4.78 is 4.97. The van der Waals surface area contributed by atoms with Gasteiger partial charge in [-0.3, -0.25) is 0 Å². The van der Waals surface area contributed by atoms with E-state index in [1.807, 2.05) is 97.1 Å². The molecule has 4 aromatic rings. The number of rotatable bonds is 5. The Morgan fingerprint density at radius 3 is 2.31 bits per heavy atom. The van der Waals surface area contributed by atoms with Crippen LogP contribution in [0.3, 0.4) is 0 Å². The molecule has 0 aliphatic heterocycles. The first-order valence-electron chi connectivity index (χ1n) is 9.16. The maximum absolute atomic E-state index is 9.63. The third-order valence-electron chi connectivity index (χ3n) is 4.52. The molecule has 29 heavy (non-hydrogen) atoms. The number of benzene rings is 3. The van der Waals surface area contributed by atoms with Crippen molar-refractivity contribution < 1.29 is 4.52 Å². The summed E-state index contributed by atoms with van der Waals surface area (Å²) in [5.74, 6) is 0. The Morgan fingerprint density at radius 1 is 0.862 bits per heavy atom. The molecule has 0 saturated heterocycles. The molecule has 0 amide bonds. The van der Waals surface area contributed by atoms with Crippen LogP contribution < -0.4 is 0 Å². The minimum absolute atomic E-state index is 0.608. The summed E-state index contributed by atoms with van der Waals surface area (Å²) in [6, 6.07) is 27.9. The van der Waals surface area contributed by atoms with Crippen molar-refractivity contribution in [2.75, 3.05) is 0 Å². The van der Waals surface area contributed by atoms with E-state index < -0.39 is 0 Å². The molecule has 0 fully saturated rings. The molecule has 0 aliphatic rings. The summed E-state index contributed by atoms with van der Waals surface area (Å²) in [7, 11) is 0. The highest BCUT2D eigenvalue weighted by molar-refractivity contribution is 5.92. The van der Waals surface area contributed by atoms with E-state index >= 15 is 0 Å². The fourth-order valence-corrected chi connectivity index (χ4v) is 3.10. The Hall–Kier alpha value is -4.23. The van der Waals surface area contributed by atoms with Gasteiger partial charge in [0, 0.05) is 10.8 Å². The first-order valence-corrected chi connectivity index (χ1v) is 9.16. The van der Waals surface area contributed by atoms with Gasteiger partial charge in [-0.15, -0.1) is 5.10 Å². The lowest BCUT2D eigenvalue weighted by Crippen LogP contribution is -1.92. The van der Waals surface area contributed by atoms with Crippen LogP contribution in [0.2, 0.25) is 0 Å². The lowest BCUT2D eigenvalue weighted by Gasteiger charge is -2.08. The molecule has 0 N–H and O–H groups in total. The summed E-state index contributed by atoms with van der Waals surface area (Å²) in [6.07, 6.45) is 7.52. The molecule has 3 aromatic carbocycles. The standard InChI is InChI=1S/C25H17N3O/c26-17-22-13-7-12-21(23(22)15-14-19-8-3-1-4-9-19)16-24(25-18-29-28-27-25)20-10-5-2-6-11-20/h1-16,18H/b15-14+,24-16-. The first-order chi connectivity index (χ1) is 14.3. The minimum atomic E-state index is 0.608. The van der Waals surface area contributed by atoms with Gasteiger partial charge in [-0.1, -0.05) is 84.9 Å². The molecule has 138 valence electrons. The van der Waals surface area contributed by atoms with Crippen LogP contribution in [0.25, 0.3) is 23.8 Å². The van der Waals surface area contributed by atoms with Gasteiger partial charge in [0.15, 0.2) is 6.26 Å². The zero-order valence-electron chi connectivity index (χ0n) is 15.6. The molecule has 0 aliphatic carbocycles. The number of hydrogen-bond acceptors (Lipinski definition) is 4. The number of aromatic nitrogens is 2. The summed E-state index contributed by atoms with van der Waals surface area (Å²) in [6.45, 7) is 0. The van der Waals surface area contributed by atoms with Crippen LogP contribution in [-0.2, 0) is 0 Å². The molecule has 4 rings (SSSR count). The molecule has 0 bridgehead atoms. The third-order valence-corrected chi connectivity index (χ3v) is 4.52. The molecule has 0 atom stereocenters. The van der Waals surface area contributed by atoms with Crippen molar-refractivity contribution in [2.45, 2.75) is 0 Å². The number of hydrogen-bond donors (Lipinski definition) is 0. The van der Waals surface area contributed by atoms with Crippen molar-refractivity contribution in [3.05, 3.63) is 119 Å². The second kappa shape index (κ2) is 8.64. The maximum atomic E-state index is 9.63. The van der Waals surface area contributed by atoms with Crippen LogP contribution in [0, 0.1) is 11.3 Å². The van der Waals surface area contributed by atoms with Crippen LogP contribution >= 0.6 is 0 Å². The summed E-state index contributed by atoms with van der Waals surface area (Å²) in [5.41, 5.74) is 5.94. The van der Waals surface area contributed by atoms with E-state index in [0.717, 1.165) is 27.8 Å². The quantitative estimate of drug-likeness (QED) is 0.420. The van der Waals surface area contributed by atoms with Gasteiger partial charge in [-0.05, 0) is 34.4 Å². The molecule has 0 unspecified atom stereocenters. The smallest absolute Gasteiger partial charge is 0.152 e. The Balaban J connectivity index is 1.85. The van der Waals surface area contributed by atoms with Crippen LogP contribution in [0.5, 0.6) is 0 Å². The Labute approximate surface area is 169 Å². The lowest BCUT2D eigenvalue weighted by atomic mass is 9.95. The second-order valence-corrected chi connectivity index (χ2v) is 6.38. The van der Waals surface area contributed by atoms with E-state index in [0.29, 0.717) is 11.3 Å². The second-order valence-electron chi connectivity index (χ2n) is 6.38. The molecular weight excluding hydrogens is 358 g/mol. The minimum Gasteiger partial charge on any atom is -0.345 e. The molecular formula is C25H17N3O. The summed E-state index contributed by atoms with van der Waals surface area (Å²) in [4.78, 5) is 0. The molecule has 1 heterocycles. The number of nitrogens with zero attached hydrogens (tertiary/aromatic N) is 3. The van der Waals surface area contributed by atoms with Crippen LogP contribution in [0.1, 0.15) is 33.5 Å². The highest BCUT2D eigenvalue weighted by atomic mass is 16.5. The zero-order valence-corrected chi connectivity index (χ0v) is 15.6. The van der Waals surface area contributed by atoms with Gasteiger partial charge < -0.3 is 4.52 Å². The topological polar surface area (TPSA) is 62.7 Å². The van der Waals surface area contributed by atoms with E-state index in [-0.39, 0.29) is 0 Å². The maximum Gasteiger partial charge on any atom is 0.152 e. The SMILES string of the molecule is N#Cc1cccc(/C=C(/c2ccccc2)c2conn2)c1/C=C/c1ccccc1. The van der Waals surface area contributed by atoms with Gasteiger partial charge >= 0.3 is 0 Å². The van der Waals surface area contributed by atoms with Crippen molar-refractivity contribution in [1.29, 1.82) is 5.26 Å². The van der Waals surface area contributed by atoms with Crippen LogP contribution in [0.4, 0.5) is 0 Å². The highest BCUT2D eigenvalue weighted by Crippen LogP contribution is 2.27. The zero-order chi connectivity index (χ0) is 19.9. The predicted molar refractivity (Wildman–Crippen MR) is 114 cm³/mol. The van der Waals surface area contributed by atoms with Crippen LogP contribution in [-0.4, -0.2) is 10.4 Å². The van der Waals surface area contributed by atoms with Crippen molar-refractivity contribution in [2.24, 2.45) is 0 Å². The van der Waals surface area contributed by atoms with Crippen molar-refractivity contribution in [1.82, 2.24) is 10.4 Å². The summed E-state index contributed by atoms with van der Waals surface area (Å²) >= 11 is 0. The lowest BCUT2D eigenvalue weighted by molar-refractivity contribution is 0.393. The molecule has 0 radical (unpaired) electrons.